The Morgan fingerprint density at radius 1 is 1.41 bits per heavy atom. The monoisotopic (exact) mass is 248 g/mol. The standard InChI is InChI=1S/C12H12N2O2S/c1-6(2)7-5-10(15)16-9-4-3-8-12(11(7)9)14-17-13-8/h3-4,6-7H,5H2,1-2H3. The van der Waals surface area contributed by atoms with E-state index >= 15 is 0 Å². The summed E-state index contributed by atoms with van der Waals surface area (Å²) in [5.74, 6) is 1.06. The van der Waals surface area contributed by atoms with Crippen LogP contribution in [0.15, 0.2) is 12.1 Å². The number of rotatable bonds is 1. The number of hydrogen-bond donors (Lipinski definition) is 0. The van der Waals surface area contributed by atoms with E-state index in [0.29, 0.717) is 18.1 Å². The summed E-state index contributed by atoms with van der Waals surface area (Å²) in [6.45, 7) is 4.23. The summed E-state index contributed by atoms with van der Waals surface area (Å²) >= 11 is 1.20. The van der Waals surface area contributed by atoms with Gasteiger partial charge in [0.2, 0.25) is 0 Å². The number of ether oxygens (including phenoxy) is 1. The van der Waals surface area contributed by atoms with E-state index in [2.05, 4.69) is 22.6 Å². The fourth-order valence-corrected chi connectivity index (χ4v) is 2.86. The quantitative estimate of drug-likeness (QED) is 0.575. The Bertz CT molecular complexity index is 591. The molecule has 1 atom stereocenters. The van der Waals surface area contributed by atoms with Gasteiger partial charge >= 0.3 is 5.97 Å². The van der Waals surface area contributed by atoms with Crippen molar-refractivity contribution in [3.05, 3.63) is 17.7 Å². The maximum Gasteiger partial charge on any atom is 0.311 e. The third kappa shape index (κ3) is 1.61. The van der Waals surface area contributed by atoms with Crippen molar-refractivity contribution in [2.75, 3.05) is 0 Å². The van der Waals surface area contributed by atoms with Crippen molar-refractivity contribution < 1.29 is 9.53 Å². The maximum absolute atomic E-state index is 11.6. The molecule has 2 aromatic rings. The average Bonchev–Trinajstić information content (AvgIpc) is 2.75. The van der Waals surface area contributed by atoms with Gasteiger partial charge in [-0.2, -0.15) is 8.75 Å². The lowest BCUT2D eigenvalue weighted by Gasteiger charge is -2.27. The summed E-state index contributed by atoms with van der Waals surface area (Å²) in [7, 11) is 0. The molecule has 0 bridgehead atoms. The molecule has 0 radical (unpaired) electrons. The Morgan fingerprint density at radius 2 is 2.24 bits per heavy atom. The summed E-state index contributed by atoms with van der Waals surface area (Å²) in [6, 6.07) is 3.68. The molecule has 4 nitrogen and oxygen atoms in total. The normalized spacial score (nSPS) is 19.5. The zero-order valence-corrected chi connectivity index (χ0v) is 10.5. The molecular weight excluding hydrogens is 236 g/mol. The van der Waals surface area contributed by atoms with Gasteiger partial charge in [-0.1, -0.05) is 13.8 Å². The first-order valence-electron chi connectivity index (χ1n) is 5.62. The lowest BCUT2D eigenvalue weighted by molar-refractivity contribution is -0.136. The number of carbonyl (C=O) groups is 1. The molecular formula is C12H12N2O2S. The first kappa shape index (κ1) is 10.7. The van der Waals surface area contributed by atoms with Gasteiger partial charge in [0.25, 0.3) is 0 Å². The first-order chi connectivity index (χ1) is 8.16. The Balaban J connectivity index is 2.27. The van der Waals surface area contributed by atoms with E-state index in [1.165, 1.54) is 11.7 Å². The lowest BCUT2D eigenvalue weighted by Crippen LogP contribution is -2.23. The van der Waals surface area contributed by atoms with Gasteiger partial charge in [-0.15, -0.1) is 0 Å². The van der Waals surface area contributed by atoms with E-state index in [1.54, 1.807) is 0 Å². The van der Waals surface area contributed by atoms with Gasteiger partial charge in [-0.05, 0) is 18.1 Å². The average molecular weight is 248 g/mol. The highest BCUT2D eigenvalue weighted by atomic mass is 32.1. The third-order valence-corrected chi connectivity index (χ3v) is 3.76. The zero-order valence-electron chi connectivity index (χ0n) is 9.64. The summed E-state index contributed by atoms with van der Waals surface area (Å²) in [4.78, 5) is 11.6. The molecule has 1 aliphatic heterocycles. The van der Waals surface area contributed by atoms with Crippen molar-refractivity contribution in [2.45, 2.75) is 26.2 Å². The summed E-state index contributed by atoms with van der Waals surface area (Å²) in [5.41, 5.74) is 2.82. The number of esters is 1. The van der Waals surface area contributed by atoms with Gasteiger partial charge in [-0.25, -0.2) is 0 Å². The molecule has 0 N–H and O–H groups in total. The number of nitrogens with zero attached hydrogens (tertiary/aromatic N) is 2. The van der Waals surface area contributed by atoms with E-state index < -0.39 is 0 Å². The molecule has 0 saturated carbocycles. The SMILES string of the molecule is CC(C)C1CC(=O)Oc2ccc3nsnc3c21. The van der Waals surface area contributed by atoms with Crippen LogP contribution >= 0.6 is 11.7 Å². The van der Waals surface area contributed by atoms with Crippen LogP contribution in [0, 0.1) is 5.92 Å². The van der Waals surface area contributed by atoms with Crippen LogP contribution < -0.4 is 4.74 Å². The van der Waals surface area contributed by atoms with Crippen molar-refractivity contribution in [1.82, 2.24) is 8.75 Å². The van der Waals surface area contributed by atoms with E-state index in [9.17, 15) is 4.79 Å². The summed E-state index contributed by atoms with van der Waals surface area (Å²) < 4.78 is 13.8. The molecule has 1 aromatic carbocycles. The molecule has 1 aliphatic rings. The smallest absolute Gasteiger partial charge is 0.311 e. The molecule has 1 unspecified atom stereocenters. The number of hydrogen-bond acceptors (Lipinski definition) is 5. The van der Waals surface area contributed by atoms with Gasteiger partial charge in [0.05, 0.1) is 18.1 Å². The summed E-state index contributed by atoms with van der Waals surface area (Å²) in [5, 5.41) is 0. The van der Waals surface area contributed by atoms with Crippen LogP contribution in [0.5, 0.6) is 5.75 Å². The second-order valence-electron chi connectivity index (χ2n) is 4.64. The fourth-order valence-electron chi connectivity index (χ4n) is 2.32. The van der Waals surface area contributed by atoms with Gasteiger partial charge in [0.15, 0.2) is 0 Å². The maximum atomic E-state index is 11.6. The van der Waals surface area contributed by atoms with Crippen LogP contribution in [-0.4, -0.2) is 14.7 Å². The molecule has 88 valence electrons. The highest BCUT2D eigenvalue weighted by Gasteiger charge is 2.31. The van der Waals surface area contributed by atoms with Crippen molar-refractivity contribution in [3.63, 3.8) is 0 Å². The minimum atomic E-state index is -0.154. The Hall–Kier alpha value is -1.49. The fraction of sp³-hybridized carbons (Fsp3) is 0.417. The highest BCUT2D eigenvalue weighted by molar-refractivity contribution is 7.00. The molecule has 0 amide bonds. The minimum Gasteiger partial charge on any atom is -0.426 e. The van der Waals surface area contributed by atoms with E-state index in [4.69, 9.17) is 4.74 Å². The predicted molar refractivity (Wildman–Crippen MR) is 65.2 cm³/mol. The number of carbonyl (C=O) groups excluding carboxylic acids is 1. The molecule has 17 heavy (non-hydrogen) atoms. The highest BCUT2D eigenvalue weighted by Crippen LogP contribution is 2.42. The number of aromatic nitrogens is 2. The third-order valence-electron chi connectivity index (χ3n) is 3.21. The predicted octanol–water partition coefficient (Wildman–Crippen LogP) is 2.74. The molecule has 3 rings (SSSR count). The van der Waals surface area contributed by atoms with Crippen LogP contribution in [0.2, 0.25) is 0 Å². The lowest BCUT2D eigenvalue weighted by atomic mass is 9.83. The molecule has 2 heterocycles. The van der Waals surface area contributed by atoms with Crippen LogP contribution in [0.1, 0.15) is 31.7 Å². The van der Waals surface area contributed by atoms with Gasteiger partial charge in [0, 0.05) is 11.5 Å². The second-order valence-corrected chi connectivity index (χ2v) is 5.17. The Morgan fingerprint density at radius 3 is 3.00 bits per heavy atom. The van der Waals surface area contributed by atoms with Crippen molar-refractivity contribution in [3.8, 4) is 5.75 Å². The van der Waals surface area contributed by atoms with Gasteiger partial charge in [0.1, 0.15) is 16.8 Å². The topological polar surface area (TPSA) is 52.1 Å². The molecule has 0 spiro atoms. The molecule has 0 fully saturated rings. The van der Waals surface area contributed by atoms with Gasteiger partial charge in [-0.3, -0.25) is 4.79 Å². The Labute approximate surface area is 103 Å². The van der Waals surface area contributed by atoms with Crippen molar-refractivity contribution in [1.29, 1.82) is 0 Å². The van der Waals surface area contributed by atoms with Gasteiger partial charge < -0.3 is 4.74 Å². The van der Waals surface area contributed by atoms with Crippen molar-refractivity contribution in [2.24, 2.45) is 5.92 Å². The largest absolute Gasteiger partial charge is 0.426 e. The molecule has 0 aliphatic carbocycles. The van der Waals surface area contributed by atoms with E-state index in [0.717, 1.165) is 16.6 Å². The van der Waals surface area contributed by atoms with Crippen LogP contribution in [0.25, 0.3) is 11.0 Å². The second kappa shape index (κ2) is 3.77. The zero-order chi connectivity index (χ0) is 12.0. The van der Waals surface area contributed by atoms with Crippen LogP contribution in [-0.2, 0) is 4.79 Å². The summed E-state index contributed by atoms with van der Waals surface area (Å²) in [6.07, 6.45) is 0.432. The number of benzene rings is 1. The van der Waals surface area contributed by atoms with Crippen LogP contribution in [0.4, 0.5) is 0 Å². The van der Waals surface area contributed by atoms with E-state index in [-0.39, 0.29) is 11.9 Å². The van der Waals surface area contributed by atoms with Crippen molar-refractivity contribution >= 4 is 28.7 Å². The molecule has 1 aromatic heterocycles. The van der Waals surface area contributed by atoms with Crippen LogP contribution in [0.3, 0.4) is 0 Å². The first-order valence-corrected chi connectivity index (χ1v) is 6.35. The Kier molecular flexibility index (Phi) is 2.36. The number of fused-ring (bicyclic) bond motifs is 3. The minimum absolute atomic E-state index is 0.154. The van der Waals surface area contributed by atoms with E-state index in [1.807, 2.05) is 12.1 Å². The molecule has 0 saturated heterocycles. The molecule has 5 heteroatoms.